The van der Waals surface area contributed by atoms with Crippen LogP contribution in [0.1, 0.15) is 43.0 Å². The molecule has 1 amide bonds. The zero-order chi connectivity index (χ0) is 32.6. The van der Waals surface area contributed by atoms with Crippen LogP contribution in [0.5, 0.6) is 0 Å². The second-order valence-electron chi connectivity index (χ2n) is 11.1. The van der Waals surface area contributed by atoms with E-state index in [0.29, 0.717) is 63.8 Å². The summed E-state index contributed by atoms with van der Waals surface area (Å²) in [6.07, 6.45) is 0.726. The zero-order valence-electron chi connectivity index (χ0n) is 25.6. The number of amides is 1. The molecule has 10 nitrogen and oxygen atoms in total. The molecular formula is C33H33ClFN6O4P. The molecule has 5 aromatic rings. The monoisotopic (exact) mass is 662 g/mol. The minimum absolute atomic E-state index is 0.130. The van der Waals surface area contributed by atoms with Gasteiger partial charge in [-0.1, -0.05) is 54.1 Å². The number of aryl methyl sites for hydroxylation is 1. The van der Waals surface area contributed by atoms with Gasteiger partial charge in [0, 0.05) is 16.0 Å². The topological polar surface area (TPSA) is 134 Å². The van der Waals surface area contributed by atoms with Gasteiger partial charge < -0.3 is 20.1 Å². The van der Waals surface area contributed by atoms with Crippen molar-refractivity contribution in [2.45, 2.75) is 39.2 Å². The van der Waals surface area contributed by atoms with Gasteiger partial charge in [-0.3, -0.25) is 14.0 Å². The van der Waals surface area contributed by atoms with E-state index in [0.717, 1.165) is 5.56 Å². The SMILES string of the molecule is CCOP(=O)(CCc1ccc([C@@]2(C)C(=O)Nc3nc(-c4nn(Cc5ccccc5F)c5cc(Cl)ccc45)nc(N)c32)cc1)OCC. The highest BCUT2D eigenvalue weighted by Crippen LogP contribution is 2.49. The Morgan fingerprint density at radius 1 is 1.04 bits per heavy atom. The van der Waals surface area contributed by atoms with Gasteiger partial charge in [0.25, 0.3) is 0 Å². The van der Waals surface area contributed by atoms with Gasteiger partial charge in [0.1, 0.15) is 28.6 Å². The maximum Gasteiger partial charge on any atom is 0.330 e. The van der Waals surface area contributed by atoms with Crippen LogP contribution in [-0.2, 0) is 36.8 Å². The molecule has 0 radical (unpaired) electrons. The molecule has 46 heavy (non-hydrogen) atoms. The quantitative estimate of drug-likeness (QED) is 0.145. The normalized spacial score (nSPS) is 16.2. The summed E-state index contributed by atoms with van der Waals surface area (Å²) in [6, 6.07) is 19.2. The smallest absolute Gasteiger partial charge is 0.330 e. The molecule has 3 aromatic carbocycles. The van der Waals surface area contributed by atoms with Gasteiger partial charge in [-0.05, 0) is 62.6 Å². The van der Waals surface area contributed by atoms with Crippen molar-refractivity contribution < 1.29 is 22.8 Å². The van der Waals surface area contributed by atoms with Crippen LogP contribution in [0.2, 0.25) is 5.02 Å². The van der Waals surface area contributed by atoms with Crippen molar-refractivity contribution in [1.29, 1.82) is 0 Å². The molecule has 0 fully saturated rings. The number of fused-ring (bicyclic) bond motifs is 2. The summed E-state index contributed by atoms with van der Waals surface area (Å²) in [6.45, 7) is 6.10. The van der Waals surface area contributed by atoms with Crippen LogP contribution in [0.3, 0.4) is 0 Å². The molecule has 0 unspecified atom stereocenters. The number of hydrogen-bond donors (Lipinski definition) is 2. The van der Waals surface area contributed by atoms with E-state index in [1.54, 1.807) is 61.9 Å². The highest BCUT2D eigenvalue weighted by Gasteiger charge is 2.47. The molecule has 0 saturated carbocycles. The van der Waals surface area contributed by atoms with E-state index in [-0.39, 0.29) is 36.1 Å². The fourth-order valence-electron chi connectivity index (χ4n) is 5.84. The summed E-state index contributed by atoms with van der Waals surface area (Å²) in [4.78, 5) is 22.9. The highest BCUT2D eigenvalue weighted by atomic mass is 35.5. The number of nitrogens with zero attached hydrogens (tertiary/aromatic N) is 4. The lowest BCUT2D eigenvalue weighted by Crippen LogP contribution is -2.33. The van der Waals surface area contributed by atoms with Crippen LogP contribution in [-0.4, -0.2) is 45.0 Å². The summed E-state index contributed by atoms with van der Waals surface area (Å²) >= 11 is 6.32. The van der Waals surface area contributed by atoms with Crippen molar-refractivity contribution in [3.8, 4) is 11.5 Å². The fraction of sp³-hybridized carbons (Fsp3) is 0.273. The third kappa shape index (κ3) is 5.80. The minimum Gasteiger partial charge on any atom is -0.383 e. The van der Waals surface area contributed by atoms with Gasteiger partial charge in [-0.2, -0.15) is 5.10 Å². The lowest BCUT2D eigenvalue weighted by molar-refractivity contribution is -0.119. The summed E-state index contributed by atoms with van der Waals surface area (Å²) in [5.74, 6) is -0.0147. The van der Waals surface area contributed by atoms with Crippen molar-refractivity contribution >= 4 is 47.6 Å². The molecule has 3 N–H and O–H groups in total. The molecular weight excluding hydrogens is 630 g/mol. The number of carbonyl (C=O) groups excluding carboxylic acids is 1. The summed E-state index contributed by atoms with van der Waals surface area (Å²) in [7, 11) is -3.18. The number of benzene rings is 3. The first-order chi connectivity index (χ1) is 22.1. The van der Waals surface area contributed by atoms with Crippen molar-refractivity contribution in [3.05, 3.63) is 99.8 Å². The zero-order valence-corrected chi connectivity index (χ0v) is 27.2. The first-order valence-electron chi connectivity index (χ1n) is 14.9. The van der Waals surface area contributed by atoms with Gasteiger partial charge in [0.2, 0.25) is 5.91 Å². The molecule has 6 rings (SSSR count). The van der Waals surface area contributed by atoms with E-state index >= 15 is 0 Å². The number of rotatable bonds is 11. The molecule has 0 bridgehead atoms. The van der Waals surface area contributed by atoms with E-state index in [2.05, 4.69) is 10.3 Å². The second kappa shape index (κ2) is 12.6. The molecule has 238 valence electrons. The summed E-state index contributed by atoms with van der Waals surface area (Å²) in [5.41, 5.74) is 9.04. The second-order valence-corrected chi connectivity index (χ2v) is 13.7. The van der Waals surface area contributed by atoms with Gasteiger partial charge in [0.05, 0.1) is 37.0 Å². The molecule has 0 aliphatic carbocycles. The number of nitrogens with two attached hydrogens (primary N) is 1. The van der Waals surface area contributed by atoms with Gasteiger partial charge in [-0.15, -0.1) is 0 Å². The maximum atomic E-state index is 14.5. The molecule has 0 spiro atoms. The molecule has 1 aliphatic rings. The summed E-state index contributed by atoms with van der Waals surface area (Å²) < 4.78 is 39.9. The molecule has 13 heteroatoms. The maximum absolute atomic E-state index is 14.5. The number of anilines is 2. The first-order valence-corrected chi connectivity index (χ1v) is 17.0. The Bertz CT molecular complexity index is 1990. The number of hydrogen-bond acceptors (Lipinski definition) is 8. The predicted molar refractivity (Wildman–Crippen MR) is 177 cm³/mol. The Morgan fingerprint density at radius 3 is 2.46 bits per heavy atom. The summed E-state index contributed by atoms with van der Waals surface area (Å²) in [5, 5.41) is 8.83. The third-order valence-corrected chi connectivity index (χ3v) is 10.5. The van der Waals surface area contributed by atoms with Crippen molar-refractivity contribution in [2.75, 3.05) is 30.4 Å². The lowest BCUT2D eigenvalue weighted by atomic mass is 9.77. The Kier molecular flexibility index (Phi) is 8.69. The van der Waals surface area contributed by atoms with Crippen molar-refractivity contribution in [3.63, 3.8) is 0 Å². The molecule has 1 aliphatic heterocycles. The van der Waals surface area contributed by atoms with Crippen LogP contribution in [0.4, 0.5) is 16.0 Å². The van der Waals surface area contributed by atoms with E-state index < -0.39 is 13.0 Å². The fourth-order valence-corrected chi connectivity index (χ4v) is 7.66. The van der Waals surface area contributed by atoms with Crippen LogP contribution >= 0.6 is 19.2 Å². The van der Waals surface area contributed by atoms with E-state index in [1.165, 1.54) is 6.07 Å². The molecule has 3 heterocycles. The third-order valence-electron chi connectivity index (χ3n) is 8.18. The Balaban J connectivity index is 1.33. The largest absolute Gasteiger partial charge is 0.383 e. The average molecular weight is 663 g/mol. The molecule has 1 atom stereocenters. The standard InChI is InChI=1S/C33H33ClFN6O4P/c1-4-44-46(43,45-5-2)17-16-20-10-12-22(13-11-20)33(3)27-29(36)37-31(38-30(27)39-32(33)42)28-24-15-14-23(34)18-26(24)41(40-28)19-21-8-6-7-9-25(21)35/h6-15,18H,4-5,16-17,19H2,1-3H3,(H3,36,37,38,39,42)/t33-/m1/s1. The Hall–Kier alpha value is -4.15. The van der Waals surface area contributed by atoms with Gasteiger partial charge in [0.15, 0.2) is 5.82 Å². The van der Waals surface area contributed by atoms with Crippen molar-refractivity contribution in [1.82, 2.24) is 19.7 Å². The van der Waals surface area contributed by atoms with Crippen LogP contribution < -0.4 is 11.1 Å². The predicted octanol–water partition coefficient (Wildman–Crippen LogP) is 6.98. The number of carbonyl (C=O) groups is 1. The molecule has 0 saturated heterocycles. The van der Waals surface area contributed by atoms with Crippen molar-refractivity contribution in [2.24, 2.45) is 0 Å². The number of halogens is 2. The van der Waals surface area contributed by atoms with Gasteiger partial charge in [-0.25, -0.2) is 14.4 Å². The van der Waals surface area contributed by atoms with Crippen LogP contribution in [0.15, 0.2) is 66.7 Å². The van der Waals surface area contributed by atoms with E-state index in [1.807, 2.05) is 24.3 Å². The number of nitrogen functional groups attached to an aromatic ring is 1. The lowest BCUT2D eigenvalue weighted by Gasteiger charge is -2.24. The van der Waals surface area contributed by atoms with Gasteiger partial charge >= 0.3 is 7.60 Å². The van der Waals surface area contributed by atoms with E-state index in [4.69, 9.17) is 36.5 Å². The van der Waals surface area contributed by atoms with Crippen LogP contribution in [0, 0.1) is 5.82 Å². The van der Waals surface area contributed by atoms with E-state index in [9.17, 15) is 13.8 Å². The average Bonchev–Trinajstić information content (AvgIpc) is 3.51. The highest BCUT2D eigenvalue weighted by molar-refractivity contribution is 7.53. The first kappa shape index (κ1) is 31.8. The Morgan fingerprint density at radius 2 is 1.76 bits per heavy atom. The number of nitrogens with one attached hydrogen (secondary N) is 1. The molecule has 2 aromatic heterocycles. The minimum atomic E-state index is -3.18. The number of aromatic nitrogens is 4. The van der Waals surface area contributed by atoms with Crippen LogP contribution in [0.25, 0.3) is 22.4 Å². The Labute approximate surface area is 270 Å².